The van der Waals surface area contributed by atoms with Crippen molar-refractivity contribution in [3.05, 3.63) is 108 Å². The van der Waals surface area contributed by atoms with Crippen LogP contribution in [0.1, 0.15) is 17.9 Å². The summed E-state index contributed by atoms with van der Waals surface area (Å²) in [5, 5.41) is 13.8. The molecule has 2 atom stereocenters. The molecule has 0 saturated heterocycles. The Morgan fingerprint density at radius 3 is 2.28 bits per heavy atom. The first-order chi connectivity index (χ1) is 17.3. The fourth-order valence-electron chi connectivity index (χ4n) is 4.24. The third-order valence-corrected chi connectivity index (χ3v) is 8.01. The van der Waals surface area contributed by atoms with Crippen LogP contribution >= 0.6 is 11.6 Å². The highest BCUT2D eigenvalue weighted by Gasteiger charge is 2.63. The maximum Gasteiger partial charge on any atom is 0.325 e. The summed E-state index contributed by atoms with van der Waals surface area (Å²) < 4.78 is 28.8. The molecule has 0 aliphatic heterocycles. The number of benzene rings is 3. The Hall–Kier alpha value is -3.72. The van der Waals surface area contributed by atoms with Crippen LogP contribution in [-0.4, -0.2) is 30.0 Å². The van der Waals surface area contributed by atoms with Gasteiger partial charge in [-0.15, -0.1) is 0 Å². The predicted molar refractivity (Wildman–Crippen MR) is 139 cm³/mol. The van der Waals surface area contributed by atoms with Gasteiger partial charge in [-0.1, -0.05) is 54.1 Å². The molecule has 7 nitrogen and oxygen atoms in total. The van der Waals surface area contributed by atoms with Crippen LogP contribution in [0.2, 0.25) is 5.02 Å². The second kappa shape index (κ2) is 9.39. The highest BCUT2D eigenvalue weighted by molar-refractivity contribution is 7.89. The lowest BCUT2D eigenvalue weighted by atomic mass is 10.1. The SMILES string of the molecule is O=C(O)[C@@]1(NS(=O)(=O)c2ccc(-c3ccc(Cl)cc3)cc2)C[C@H]1c1cccc(Nc2ccccn2)c1. The van der Waals surface area contributed by atoms with E-state index in [2.05, 4.69) is 15.0 Å². The van der Waals surface area contributed by atoms with Gasteiger partial charge in [0.2, 0.25) is 10.0 Å². The molecule has 182 valence electrons. The molecule has 0 amide bonds. The van der Waals surface area contributed by atoms with Crippen molar-refractivity contribution in [2.75, 3.05) is 5.32 Å². The summed E-state index contributed by atoms with van der Waals surface area (Å²) in [5.74, 6) is -1.07. The van der Waals surface area contributed by atoms with Gasteiger partial charge in [-0.3, -0.25) is 4.79 Å². The molecule has 1 aliphatic rings. The maximum absolute atomic E-state index is 13.2. The van der Waals surface area contributed by atoms with E-state index in [9.17, 15) is 18.3 Å². The second-order valence-corrected chi connectivity index (χ2v) is 10.8. The van der Waals surface area contributed by atoms with E-state index in [1.807, 2.05) is 42.5 Å². The van der Waals surface area contributed by atoms with Crippen LogP contribution in [0.3, 0.4) is 0 Å². The molecule has 1 heterocycles. The molecule has 36 heavy (non-hydrogen) atoms. The largest absolute Gasteiger partial charge is 0.480 e. The van der Waals surface area contributed by atoms with Crippen LogP contribution in [0, 0.1) is 0 Å². The van der Waals surface area contributed by atoms with E-state index in [-0.39, 0.29) is 11.3 Å². The lowest BCUT2D eigenvalue weighted by Gasteiger charge is -2.16. The lowest BCUT2D eigenvalue weighted by Crippen LogP contribution is -2.44. The van der Waals surface area contributed by atoms with E-state index >= 15 is 0 Å². The van der Waals surface area contributed by atoms with Gasteiger partial charge in [-0.05, 0) is 71.6 Å². The number of anilines is 2. The molecule has 5 rings (SSSR count). The van der Waals surface area contributed by atoms with Crippen LogP contribution < -0.4 is 10.0 Å². The number of carboxylic acid groups (broad SMARTS) is 1. The van der Waals surface area contributed by atoms with E-state index in [1.165, 1.54) is 12.1 Å². The number of halogens is 1. The fourth-order valence-corrected chi connectivity index (χ4v) is 5.77. The van der Waals surface area contributed by atoms with Crippen molar-refractivity contribution in [1.29, 1.82) is 0 Å². The molecule has 3 N–H and O–H groups in total. The minimum Gasteiger partial charge on any atom is -0.480 e. The van der Waals surface area contributed by atoms with E-state index in [0.717, 1.165) is 22.4 Å². The minimum absolute atomic E-state index is 0.00272. The Kier molecular flexibility index (Phi) is 6.26. The smallest absolute Gasteiger partial charge is 0.325 e. The van der Waals surface area contributed by atoms with E-state index in [4.69, 9.17) is 11.6 Å². The molecular formula is C27H22ClN3O4S. The van der Waals surface area contributed by atoms with Gasteiger partial charge >= 0.3 is 5.97 Å². The number of hydrogen-bond acceptors (Lipinski definition) is 5. The molecular weight excluding hydrogens is 498 g/mol. The summed E-state index contributed by atoms with van der Waals surface area (Å²) in [4.78, 5) is 16.5. The third-order valence-electron chi connectivity index (χ3n) is 6.23. The average Bonchev–Trinajstić information content (AvgIpc) is 3.60. The van der Waals surface area contributed by atoms with Gasteiger partial charge in [-0.2, -0.15) is 4.72 Å². The van der Waals surface area contributed by atoms with Gasteiger partial charge in [0.05, 0.1) is 4.90 Å². The summed E-state index contributed by atoms with van der Waals surface area (Å²) in [5.41, 5.74) is 1.55. The molecule has 0 unspecified atom stereocenters. The summed E-state index contributed by atoms with van der Waals surface area (Å²) in [6.07, 6.45) is 1.82. The Morgan fingerprint density at radius 2 is 1.64 bits per heavy atom. The fraction of sp³-hybridized carbons (Fsp3) is 0.111. The zero-order chi connectivity index (χ0) is 25.3. The van der Waals surface area contributed by atoms with Gasteiger partial charge in [0.25, 0.3) is 0 Å². The van der Waals surface area contributed by atoms with Crippen molar-refractivity contribution in [2.45, 2.75) is 22.8 Å². The highest BCUT2D eigenvalue weighted by Crippen LogP contribution is 2.52. The van der Waals surface area contributed by atoms with Crippen molar-refractivity contribution in [3.63, 3.8) is 0 Å². The van der Waals surface area contributed by atoms with Crippen LogP contribution in [0.5, 0.6) is 0 Å². The summed E-state index contributed by atoms with van der Waals surface area (Å²) >= 11 is 5.94. The summed E-state index contributed by atoms with van der Waals surface area (Å²) in [7, 11) is -4.08. The summed E-state index contributed by atoms with van der Waals surface area (Å²) in [6.45, 7) is 0. The van der Waals surface area contributed by atoms with Crippen molar-refractivity contribution >= 4 is 39.1 Å². The number of pyridine rings is 1. The van der Waals surface area contributed by atoms with Crippen LogP contribution in [0.25, 0.3) is 11.1 Å². The second-order valence-electron chi connectivity index (χ2n) is 8.64. The first kappa shape index (κ1) is 24.0. The standard InChI is InChI=1S/C27H22ClN3O4S/c28-21-11-7-18(8-12-21)19-9-13-23(14-10-19)36(34,35)31-27(26(32)33)17-24(27)20-4-3-5-22(16-20)30-25-6-1-2-15-29-25/h1-16,24,31H,17H2,(H,29,30)(H,32,33)/t24-,27+/m0/s1. The highest BCUT2D eigenvalue weighted by atomic mass is 35.5. The van der Waals surface area contributed by atoms with E-state index < -0.39 is 27.4 Å². The molecule has 9 heteroatoms. The van der Waals surface area contributed by atoms with E-state index in [0.29, 0.717) is 10.8 Å². The minimum atomic E-state index is -4.08. The maximum atomic E-state index is 13.2. The molecule has 0 bridgehead atoms. The molecule has 1 saturated carbocycles. The monoisotopic (exact) mass is 519 g/mol. The average molecular weight is 520 g/mol. The van der Waals surface area contributed by atoms with Crippen molar-refractivity contribution in [3.8, 4) is 11.1 Å². The van der Waals surface area contributed by atoms with Crippen molar-refractivity contribution in [2.24, 2.45) is 0 Å². The van der Waals surface area contributed by atoms with Crippen molar-refractivity contribution < 1.29 is 18.3 Å². The zero-order valence-electron chi connectivity index (χ0n) is 18.9. The summed E-state index contributed by atoms with van der Waals surface area (Å²) in [6, 6.07) is 26.2. The van der Waals surface area contributed by atoms with Crippen molar-refractivity contribution in [1.82, 2.24) is 9.71 Å². The lowest BCUT2D eigenvalue weighted by molar-refractivity contribution is -0.140. The van der Waals surface area contributed by atoms with Gasteiger partial charge in [0.15, 0.2) is 0 Å². The van der Waals surface area contributed by atoms with Crippen LogP contribution in [0.15, 0.2) is 102 Å². The normalized spacial score (nSPS) is 19.0. The number of aliphatic carboxylic acids is 1. The quantitative estimate of drug-likeness (QED) is 0.286. The molecule has 0 spiro atoms. The Labute approximate surface area is 213 Å². The Morgan fingerprint density at radius 1 is 0.944 bits per heavy atom. The first-order valence-electron chi connectivity index (χ1n) is 11.2. The first-order valence-corrected chi connectivity index (χ1v) is 13.0. The molecule has 0 radical (unpaired) electrons. The van der Waals surface area contributed by atoms with Crippen LogP contribution in [-0.2, 0) is 14.8 Å². The number of carboxylic acids is 1. The van der Waals surface area contributed by atoms with Gasteiger partial charge in [0.1, 0.15) is 11.4 Å². The number of carbonyl (C=O) groups is 1. The number of nitrogens with one attached hydrogen (secondary N) is 2. The predicted octanol–water partition coefficient (Wildman–Crippen LogP) is 5.43. The van der Waals surface area contributed by atoms with Gasteiger partial charge in [-0.25, -0.2) is 13.4 Å². The number of hydrogen-bond donors (Lipinski definition) is 3. The topological polar surface area (TPSA) is 108 Å². The number of sulfonamides is 1. The molecule has 1 fully saturated rings. The number of nitrogens with zero attached hydrogens (tertiary/aromatic N) is 1. The Bertz CT molecular complexity index is 1510. The number of aromatic nitrogens is 1. The molecule has 1 aromatic heterocycles. The van der Waals surface area contributed by atoms with Gasteiger partial charge in [0, 0.05) is 22.8 Å². The third kappa shape index (κ3) is 4.83. The van der Waals surface area contributed by atoms with Crippen LogP contribution in [0.4, 0.5) is 11.5 Å². The molecule has 1 aliphatic carbocycles. The molecule has 4 aromatic rings. The number of rotatable bonds is 8. The van der Waals surface area contributed by atoms with Gasteiger partial charge < -0.3 is 10.4 Å². The molecule has 3 aromatic carbocycles. The van der Waals surface area contributed by atoms with E-state index in [1.54, 1.807) is 42.6 Å². The Balaban J connectivity index is 1.36. The zero-order valence-corrected chi connectivity index (χ0v) is 20.5.